The Morgan fingerprint density at radius 2 is 2.06 bits per heavy atom. The third-order valence-corrected chi connectivity index (χ3v) is 2.83. The summed E-state index contributed by atoms with van der Waals surface area (Å²) in [5, 5.41) is 14.1. The summed E-state index contributed by atoms with van der Waals surface area (Å²) >= 11 is 0. The van der Waals surface area contributed by atoms with E-state index in [0.29, 0.717) is 18.1 Å². The third-order valence-electron chi connectivity index (χ3n) is 2.83. The van der Waals surface area contributed by atoms with Gasteiger partial charge in [0.1, 0.15) is 0 Å². The number of methoxy groups -OCH3 is 1. The van der Waals surface area contributed by atoms with Crippen LogP contribution in [0.3, 0.4) is 0 Å². The molecule has 0 spiro atoms. The van der Waals surface area contributed by atoms with Crippen molar-refractivity contribution in [1.29, 1.82) is 0 Å². The second-order valence-electron chi connectivity index (χ2n) is 4.65. The fourth-order valence-corrected chi connectivity index (χ4v) is 1.82. The molecule has 1 rings (SSSR count). The number of aryl methyl sites for hydroxylation is 2. The molecule has 1 atom stereocenters. The van der Waals surface area contributed by atoms with Gasteiger partial charge in [-0.15, -0.1) is 0 Å². The summed E-state index contributed by atoms with van der Waals surface area (Å²) < 4.78 is 5.07. The predicted molar refractivity (Wildman–Crippen MR) is 72.1 cm³/mol. The van der Waals surface area contributed by atoms with E-state index in [1.165, 1.54) is 0 Å². The standard InChI is InChI=1S/C13H20N2O3/c1-9(8-18-4)7-14-12-5-11(3)13(15(16)17)6-10(12)2/h5-6,9,14H,7-8H2,1-4H3. The van der Waals surface area contributed by atoms with Crippen LogP contribution in [0, 0.1) is 29.9 Å². The van der Waals surface area contributed by atoms with Gasteiger partial charge in [0.25, 0.3) is 5.69 Å². The van der Waals surface area contributed by atoms with Crippen molar-refractivity contribution < 1.29 is 9.66 Å². The summed E-state index contributed by atoms with van der Waals surface area (Å²) in [6, 6.07) is 3.44. The molecule has 5 heteroatoms. The van der Waals surface area contributed by atoms with Gasteiger partial charge in [-0.05, 0) is 31.4 Å². The van der Waals surface area contributed by atoms with Gasteiger partial charge in [0.15, 0.2) is 0 Å². The molecule has 1 N–H and O–H groups in total. The smallest absolute Gasteiger partial charge is 0.272 e. The van der Waals surface area contributed by atoms with Gasteiger partial charge in [-0.2, -0.15) is 0 Å². The normalized spacial score (nSPS) is 12.2. The summed E-state index contributed by atoms with van der Waals surface area (Å²) in [7, 11) is 1.68. The van der Waals surface area contributed by atoms with Crippen LogP contribution in [0.4, 0.5) is 11.4 Å². The third kappa shape index (κ3) is 3.70. The van der Waals surface area contributed by atoms with Crippen molar-refractivity contribution in [1.82, 2.24) is 0 Å². The molecule has 18 heavy (non-hydrogen) atoms. The van der Waals surface area contributed by atoms with Crippen molar-refractivity contribution in [2.45, 2.75) is 20.8 Å². The number of nitro groups is 1. The number of hydrogen-bond donors (Lipinski definition) is 1. The van der Waals surface area contributed by atoms with Gasteiger partial charge in [-0.3, -0.25) is 10.1 Å². The predicted octanol–water partition coefficient (Wildman–Crippen LogP) is 2.91. The number of nitro benzene ring substituents is 1. The molecule has 0 amide bonds. The number of hydrogen-bond acceptors (Lipinski definition) is 4. The fourth-order valence-electron chi connectivity index (χ4n) is 1.82. The van der Waals surface area contributed by atoms with Gasteiger partial charge >= 0.3 is 0 Å². The fraction of sp³-hybridized carbons (Fsp3) is 0.538. The lowest BCUT2D eigenvalue weighted by Crippen LogP contribution is -2.16. The molecule has 0 radical (unpaired) electrons. The highest BCUT2D eigenvalue weighted by atomic mass is 16.6. The first kappa shape index (κ1) is 14.4. The Balaban J connectivity index is 2.79. The molecule has 1 unspecified atom stereocenters. The van der Waals surface area contributed by atoms with Crippen LogP contribution in [-0.2, 0) is 4.74 Å². The number of nitrogens with zero attached hydrogens (tertiary/aromatic N) is 1. The van der Waals surface area contributed by atoms with Crippen molar-refractivity contribution in [2.75, 3.05) is 25.6 Å². The molecule has 0 saturated heterocycles. The zero-order valence-corrected chi connectivity index (χ0v) is 11.3. The van der Waals surface area contributed by atoms with Crippen molar-refractivity contribution in [2.24, 2.45) is 5.92 Å². The van der Waals surface area contributed by atoms with E-state index in [1.807, 2.05) is 13.0 Å². The molecule has 100 valence electrons. The van der Waals surface area contributed by atoms with E-state index in [9.17, 15) is 10.1 Å². The van der Waals surface area contributed by atoms with Gasteiger partial charge in [0.2, 0.25) is 0 Å². The second kappa shape index (κ2) is 6.35. The highest BCUT2D eigenvalue weighted by molar-refractivity contribution is 5.59. The van der Waals surface area contributed by atoms with E-state index in [-0.39, 0.29) is 10.6 Å². The zero-order chi connectivity index (χ0) is 13.7. The number of rotatable bonds is 6. The SMILES string of the molecule is COCC(C)CNc1cc(C)c([N+](=O)[O-])cc1C. The van der Waals surface area contributed by atoms with E-state index in [2.05, 4.69) is 12.2 Å². The maximum Gasteiger partial charge on any atom is 0.272 e. The number of benzene rings is 1. The Morgan fingerprint density at radius 1 is 1.39 bits per heavy atom. The van der Waals surface area contributed by atoms with E-state index in [0.717, 1.165) is 17.8 Å². The van der Waals surface area contributed by atoms with Gasteiger partial charge in [0.05, 0.1) is 11.5 Å². The lowest BCUT2D eigenvalue weighted by Gasteiger charge is -2.15. The summed E-state index contributed by atoms with van der Waals surface area (Å²) in [5.41, 5.74) is 2.67. The Bertz CT molecular complexity index is 432. The number of nitrogens with one attached hydrogen (secondary N) is 1. The highest BCUT2D eigenvalue weighted by Gasteiger charge is 2.13. The molecule has 0 aromatic heterocycles. The molecule has 0 saturated carbocycles. The van der Waals surface area contributed by atoms with Crippen LogP contribution in [0.5, 0.6) is 0 Å². The van der Waals surface area contributed by atoms with Crippen LogP contribution in [-0.4, -0.2) is 25.2 Å². The van der Waals surface area contributed by atoms with Crippen LogP contribution in [0.15, 0.2) is 12.1 Å². The quantitative estimate of drug-likeness (QED) is 0.624. The van der Waals surface area contributed by atoms with Gasteiger partial charge < -0.3 is 10.1 Å². The van der Waals surface area contributed by atoms with E-state index in [4.69, 9.17) is 4.74 Å². The minimum atomic E-state index is -0.348. The average molecular weight is 252 g/mol. The van der Waals surface area contributed by atoms with Gasteiger partial charge in [0, 0.05) is 31.0 Å². The number of anilines is 1. The summed E-state index contributed by atoms with van der Waals surface area (Å²) in [4.78, 5) is 10.5. The molecule has 5 nitrogen and oxygen atoms in total. The monoisotopic (exact) mass is 252 g/mol. The number of ether oxygens (including phenoxy) is 1. The molecular weight excluding hydrogens is 232 g/mol. The van der Waals surface area contributed by atoms with Crippen molar-refractivity contribution >= 4 is 11.4 Å². The first-order chi connectivity index (χ1) is 8.45. The topological polar surface area (TPSA) is 64.4 Å². The molecule has 0 aliphatic rings. The first-order valence-corrected chi connectivity index (χ1v) is 5.94. The summed E-state index contributed by atoms with van der Waals surface area (Å²) in [6.45, 7) is 7.19. The Morgan fingerprint density at radius 3 is 2.61 bits per heavy atom. The molecule has 0 bridgehead atoms. The van der Waals surface area contributed by atoms with E-state index in [1.54, 1.807) is 20.1 Å². The second-order valence-corrected chi connectivity index (χ2v) is 4.65. The van der Waals surface area contributed by atoms with Crippen molar-refractivity contribution in [3.8, 4) is 0 Å². The van der Waals surface area contributed by atoms with Crippen LogP contribution in [0.25, 0.3) is 0 Å². The minimum Gasteiger partial charge on any atom is -0.384 e. The Kier molecular flexibility index (Phi) is 5.09. The maximum atomic E-state index is 10.8. The molecular formula is C13H20N2O3. The first-order valence-electron chi connectivity index (χ1n) is 5.94. The Hall–Kier alpha value is -1.62. The zero-order valence-electron chi connectivity index (χ0n) is 11.3. The lowest BCUT2D eigenvalue weighted by atomic mass is 10.1. The van der Waals surface area contributed by atoms with E-state index >= 15 is 0 Å². The molecule has 1 aromatic rings. The molecule has 0 fully saturated rings. The van der Waals surface area contributed by atoms with Crippen LogP contribution in [0.1, 0.15) is 18.1 Å². The highest BCUT2D eigenvalue weighted by Crippen LogP contribution is 2.26. The van der Waals surface area contributed by atoms with Crippen molar-refractivity contribution in [3.63, 3.8) is 0 Å². The summed E-state index contributed by atoms with van der Waals surface area (Å²) in [5.74, 6) is 0.393. The molecule has 0 aliphatic heterocycles. The maximum absolute atomic E-state index is 10.8. The van der Waals surface area contributed by atoms with Crippen LogP contribution < -0.4 is 5.32 Å². The van der Waals surface area contributed by atoms with Crippen LogP contribution in [0.2, 0.25) is 0 Å². The largest absolute Gasteiger partial charge is 0.384 e. The lowest BCUT2D eigenvalue weighted by molar-refractivity contribution is -0.385. The van der Waals surface area contributed by atoms with E-state index < -0.39 is 0 Å². The van der Waals surface area contributed by atoms with Gasteiger partial charge in [-0.25, -0.2) is 0 Å². The Labute approximate surface area is 107 Å². The summed E-state index contributed by atoms with van der Waals surface area (Å²) in [6.07, 6.45) is 0. The van der Waals surface area contributed by atoms with Gasteiger partial charge in [-0.1, -0.05) is 6.92 Å². The molecule has 1 aromatic carbocycles. The van der Waals surface area contributed by atoms with Crippen molar-refractivity contribution in [3.05, 3.63) is 33.4 Å². The molecule has 0 heterocycles. The average Bonchev–Trinajstić information content (AvgIpc) is 2.29. The van der Waals surface area contributed by atoms with Crippen LogP contribution >= 0.6 is 0 Å². The molecule has 0 aliphatic carbocycles. The minimum absolute atomic E-state index is 0.169.